The number of alkyl halides is 4. The van der Waals surface area contributed by atoms with Crippen molar-refractivity contribution in [2.24, 2.45) is 10.7 Å². The molecule has 0 unspecified atom stereocenters. The minimum Gasteiger partial charge on any atom is -0.439 e. The molecule has 0 bridgehead atoms. The summed E-state index contributed by atoms with van der Waals surface area (Å²) in [6.45, 7) is 0. The van der Waals surface area contributed by atoms with Gasteiger partial charge in [0, 0.05) is 6.07 Å². The average Bonchev–Trinajstić information content (AvgIpc) is 2.47. The van der Waals surface area contributed by atoms with Gasteiger partial charge in [0.25, 0.3) is 0 Å². The SMILES string of the molecule is NC(CCl)=Nc1ccc(Oc2cc(C(F)(F)F)cc(Cl)n2)cc1. The first-order chi connectivity index (χ1) is 10.8. The summed E-state index contributed by atoms with van der Waals surface area (Å²) in [4.78, 5) is 7.71. The number of rotatable bonds is 4. The van der Waals surface area contributed by atoms with Crippen LogP contribution in [0.1, 0.15) is 5.56 Å². The third-order valence-electron chi connectivity index (χ3n) is 2.57. The van der Waals surface area contributed by atoms with Crippen molar-refractivity contribution in [3.05, 3.63) is 47.1 Å². The molecule has 0 aliphatic heterocycles. The van der Waals surface area contributed by atoms with Crippen molar-refractivity contribution in [1.82, 2.24) is 4.98 Å². The smallest absolute Gasteiger partial charge is 0.416 e. The maximum absolute atomic E-state index is 12.7. The van der Waals surface area contributed by atoms with Gasteiger partial charge >= 0.3 is 6.18 Å². The maximum atomic E-state index is 12.7. The van der Waals surface area contributed by atoms with Gasteiger partial charge < -0.3 is 10.5 Å². The van der Waals surface area contributed by atoms with Gasteiger partial charge in [-0.15, -0.1) is 11.6 Å². The number of halogens is 5. The number of pyridine rings is 1. The zero-order valence-corrected chi connectivity index (χ0v) is 13.0. The molecular weight excluding hydrogens is 354 g/mol. The Morgan fingerprint density at radius 2 is 1.87 bits per heavy atom. The average molecular weight is 364 g/mol. The van der Waals surface area contributed by atoms with Gasteiger partial charge in [0.1, 0.15) is 16.7 Å². The van der Waals surface area contributed by atoms with Crippen molar-refractivity contribution in [3.8, 4) is 11.6 Å². The first-order valence-corrected chi connectivity index (χ1v) is 7.11. The second-order valence-electron chi connectivity index (χ2n) is 4.35. The summed E-state index contributed by atoms with van der Waals surface area (Å²) in [7, 11) is 0. The summed E-state index contributed by atoms with van der Waals surface area (Å²) in [5.41, 5.74) is 5.09. The highest BCUT2D eigenvalue weighted by Crippen LogP contribution is 2.33. The molecule has 0 aliphatic carbocycles. The monoisotopic (exact) mass is 363 g/mol. The highest BCUT2D eigenvalue weighted by molar-refractivity contribution is 6.29. The van der Waals surface area contributed by atoms with E-state index in [9.17, 15) is 13.2 Å². The van der Waals surface area contributed by atoms with E-state index in [2.05, 4.69) is 9.98 Å². The molecule has 0 atom stereocenters. The van der Waals surface area contributed by atoms with Crippen LogP contribution in [0.3, 0.4) is 0 Å². The van der Waals surface area contributed by atoms with Crippen molar-refractivity contribution in [1.29, 1.82) is 0 Å². The fourth-order valence-corrected chi connectivity index (χ4v) is 1.85. The van der Waals surface area contributed by atoms with E-state index < -0.39 is 11.7 Å². The molecule has 1 aromatic heterocycles. The summed E-state index contributed by atoms with van der Waals surface area (Å²) in [5.74, 6) is 0.342. The van der Waals surface area contributed by atoms with Crippen LogP contribution >= 0.6 is 23.2 Å². The lowest BCUT2D eigenvalue weighted by molar-refractivity contribution is -0.137. The van der Waals surface area contributed by atoms with Crippen molar-refractivity contribution in [3.63, 3.8) is 0 Å². The van der Waals surface area contributed by atoms with Gasteiger partial charge in [-0.1, -0.05) is 11.6 Å². The highest BCUT2D eigenvalue weighted by atomic mass is 35.5. The Bertz CT molecular complexity index is 718. The van der Waals surface area contributed by atoms with Crippen LogP contribution in [0.15, 0.2) is 41.4 Å². The summed E-state index contributed by atoms with van der Waals surface area (Å²) >= 11 is 11.1. The van der Waals surface area contributed by atoms with Crippen LogP contribution in [0, 0.1) is 0 Å². The molecule has 4 nitrogen and oxygen atoms in total. The zero-order valence-electron chi connectivity index (χ0n) is 11.4. The Kier molecular flexibility index (Phi) is 5.33. The molecule has 0 fully saturated rings. The largest absolute Gasteiger partial charge is 0.439 e. The van der Waals surface area contributed by atoms with E-state index in [1.807, 2.05) is 0 Å². The first-order valence-electron chi connectivity index (χ1n) is 6.19. The van der Waals surface area contributed by atoms with Crippen LogP contribution in [-0.4, -0.2) is 16.7 Å². The lowest BCUT2D eigenvalue weighted by atomic mass is 10.2. The standard InChI is InChI=1S/C14H10Cl2F3N3O/c15-7-12(20)21-9-1-3-10(4-2-9)23-13-6-8(14(17,18)19)5-11(16)22-13/h1-6H,7H2,(H2,20,21). The fraction of sp³-hybridized carbons (Fsp3) is 0.143. The highest BCUT2D eigenvalue weighted by Gasteiger charge is 2.31. The molecule has 9 heteroatoms. The minimum atomic E-state index is -4.54. The summed E-state index contributed by atoms with van der Waals surface area (Å²) in [6.07, 6.45) is -4.54. The van der Waals surface area contributed by atoms with Crippen LogP contribution in [0.4, 0.5) is 18.9 Å². The van der Waals surface area contributed by atoms with Gasteiger partial charge in [0.15, 0.2) is 0 Å². The molecule has 122 valence electrons. The predicted octanol–water partition coefficient (Wildman–Crippen LogP) is 4.77. The molecule has 23 heavy (non-hydrogen) atoms. The Hall–Kier alpha value is -1.99. The van der Waals surface area contributed by atoms with E-state index >= 15 is 0 Å². The van der Waals surface area contributed by atoms with E-state index in [0.717, 1.165) is 12.1 Å². The second kappa shape index (κ2) is 7.06. The molecule has 0 saturated carbocycles. The van der Waals surface area contributed by atoms with Crippen LogP contribution < -0.4 is 10.5 Å². The number of hydrogen-bond donors (Lipinski definition) is 1. The van der Waals surface area contributed by atoms with E-state index in [-0.39, 0.29) is 28.5 Å². The van der Waals surface area contributed by atoms with Crippen LogP contribution in [0.25, 0.3) is 0 Å². The number of benzene rings is 1. The summed E-state index contributed by atoms with van der Waals surface area (Å²) < 4.78 is 43.4. The third kappa shape index (κ3) is 5.01. The van der Waals surface area contributed by atoms with E-state index in [4.69, 9.17) is 33.7 Å². The molecule has 0 amide bonds. The quantitative estimate of drug-likeness (QED) is 0.368. The normalized spacial score (nSPS) is 12.3. The Balaban J connectivity index is 2.21. The van der Waals surface area contributed by atoms with Crippen LogP contribution in [-0.2, 0) is 6.18 Å². The molecule has 1 aromatic carbocycles. The van der Waals surface area contributed by atoms with Gasteiger partial charge in [0.2, 0.25) is 5.88 Å². The van der Waals surface area contributed by atoms with Gasteiger partial charge in [0.05, 0.1) is 17.1 Å². The fourth-order valence-electron chi connectivity index (χ4n) is 1.59. The maximum Gasteiger partial charge on any atom is 0.416 e. The molecule has 0 spiro atoms. The molecular formula is C14H10Cl2F3N3O. The molecule has 2 rings (SSSR count). The third-order valence-corrected chi connectivity index (χ3v) is 3.03. The van der Waals surface area contributed by atoms with Gasteiger partial charge in [-0.25, -0.2) is 9.98 Å². The molecule has 0 aliphatic rings. The Morgan fingerprint density at radius 3 is 2.43 bits per heavy atom. The minimum absolute atomic E-state index is 0.0882. The van der Waals surface area contributed by atoms with Crippen molar-refractivity contribution in [2.75, 3.05) is 5.88 Å². The topological polar surface area (TPSA) is 60.5 Å². The first kappa shape index (κ1) is 17.4. The zero-order chi connectivity index (χ0) is 17.0. The molecule has 1 heterocycles. The number of aliphatic imine (C=N–C) groups is 1. The number of ether oxygens (including phenoxy) is 1. The van der Waals surface area contributed by atoms with Gasteiger partial charge in [-0.3, -0.25) is 0 Å². The molecule has 0 saturated heterocycles. The molecule has 2 aromatic rings. The van der Waals surface area contributed by atoms with Gasteiger partial charge in [-0.2, -0.15) is 13.2 Å². The second-order valence-corrected chi connectivity index (χ2v) is 5.00. The van der Waals surface area contributed by atoms with E-state index in [0.29, 0.717) is 5.69 Å². The number of nitrogens with zero attached hydrogens (tertiary/aromatic N) is 2. The Morgan fingerprint density at radius 1 is 1.22 bits per heavy atom. The van der Waals surface area contributed by atoms with Crippen molar-refractivity contribution < 1.29 is 17.9 Å². The number of nitrogens with two attached hydrogens (primary N) is 1. The lowest BCUT2D eigenvalue weighted by Crippen LogP contribution is -2.12. The predicted molar refractivity (Wildman–Crippen MR) is 82.8 cm³/mol. The molecule has 2 N–H and O–H groups in total. The summed E-state index contributed by atoms with van der Waals surface area (Å²) in [5, 5.41) is -0.314. The lowest BCUT2D eigenvalue weighted by Gasteiger charge is -2.10. The van der Waals surface area contributed by atoms with Crippen LogP contribution in [0.2, 0.25) is 5.15 Å². The van der Waals surface area contributed by atoms with Crippen LogP contribution in [0.5, 0.6) is 11.6 Å². The number of aromatic nitrogens is 1. The molecule has 0 radical (unpaired) electrons. The van der Waals surface area contributed by atoms with Crippen molar-refractivity contribution in [2.45, 2.75) is 6.18 Å². The summed E-state index contributed by atoms with van der Waals surface area (Å²) in [6, 6.07) is 7.66. The van der Waals surface area contributed by atoms with Crippen molar-refractivity contribution >= 4 is 34.7 Å². The number of amidine groups is 1. The van der Waals surface area contributed by atoms with E-state index in [1.165, 1.54) is 12.1 Å². The Labute approximate surface area is 139 Å². The number of hydrogen-bond acceptors (Lipinski definition) is 3. The van der Waals surface area contributed by atoms with Gasteiger partial charge in [-0.05, 0) is 30.3 Å². The van der Waals surface area contributed by atoms with E-state index in [1.54, 1.807) is 12.1 Å².